The SMILES string of the molecule is CCOC(=O)/C(C)=C/C=C/c1ccc(C#N)cc1. The van der Waals surface area contributed by atoms with Gasteiger partial charge in [-0.1, -0.05) is 30.4 Å². The Kier molecular flexibility index (Phi) is 5.40. The number of ether oxygens (including phenoxy) is 1. The molecule has 0 N–H and O–H groups in total. The lowest BCUT2D eigenvalue weighted by molar-refractivity contribution is -0.138. The van der Waals surface area contributed by atoms with E-state index in [-0.39, 0.29) is 5.97 Å². The zero-order valence-electron chi connectivity index (χ0n) is 10.5. The summed E-state index contributed by atoms with van der Waals surface area (Å²) < 4.78 is 4.86. The van der Waals surface area contributed by atoms with Gasteiger partial charge in [-0.05, 0) is 31.5 Å². The van der Waals surface area contributed by atoms with E-state index >= 15 is 0 Å². The van der Waals surface area contributed by atoms with Gasteiger partial charge in [-0.25, -0.2) is 4.79 Å². The van der Waals surface area contributed by atoms with E-state index in [4.69, 9.17) is 10.00 Å². The van der Waals surface area contributed by atoms with E-state index in [9.17, 15) is 4.79 Å². The molecule has 0 radical (unpaired) electrons. The molecule has 0 unspecified atom stereocenters. The molecule has 18 heavy (non-hydrogen) atoms. The van der Waals surface area contributed by atoms with Gasteiger partial charge in [0.25, 0.3) is 0 Å². The van der Waals surface area contributed by atoms with Crippen LogP contribution in [-0.2, 0) is 9.53 Å². The number of esters is 1. The number of rotatable bonds is 4. The Morgan fingerprint density at radius 3 is 2.61 bits per heavy atom. The van der Waals surface area contributed by atoms with Crippen molar-refractivity contribution in [1.29, 1.82) is 5.26 Å². The van der Waals surface area contributed by atoms with Gasteiger partial charge in [0.05, 0.1) is 18.2 Å². The van der Waals surface area contributed by atoms with E-state index in [0.717, 1.165) is 5.56 Å². The molecule has 3 nitrogen and oxygen atoms in total. The molecule has 1 aromatic rings. The van der Waals surface area contributed by atoms with E-state index in [0.29, 0.717) is 17.7 Å². The van der Waals surface area contributed by atoms with Crippen LogP contribution < -0.4 is 0 Å². The van der Waals surface area contributed by atoms with Gasteiger partial charge in [-0.2, -0.15) is 5.26 Å². The summed E-state index contributed by atoms with van der Waals surface area (Å²) in [5, 5.41) is 8.66. The Balaban J connectivity index is 2.66. The van der Waals surface area contributed by atoms with Crippen LogP contribution in [0.3, 0.4) is 0 Å². The van der Waals surface area contributed by atoms with Gasteiger partial charge in [0.2, 0.25) is 0 Å². The zero-order valence-corrected chi connectivity index (χ0v) is 10.5. The number of hydrogen-bond acceptors (Lipinski definition) is 3. The number of hydrogen-bond donors (Lipinski definition) is 0. The normalized spacial score (nSPS) is 11.3. The number of allylic oxidation sites excluding steroid dienone is 2. The summed E-state index contributed by atoms with van der Waals surface area (Å²) in [7, 11) is 0. The molecule has 3 heteroatoms. The highest BCUT2D eigenvalue weighted by Crippen LogP contribution is 2.06. The van der Waals surface area contributed by atoms with Crippen LogP contribution in [0, 0.1) is 11.3 Å². The Hall–Kier alpha value is -2.34. The fraction of sp³-hybridized carbons (Fsp3) is 0.200. The zero-order chi connectivity index (χ0) is 13.4. The molecule has 0 bridgehead atoms. The lowest BCUT2D eigenvalue weighted by Crippen LogP contribution is -2.04. The van der Waals surface area contributed by atoms with Crippen molar-refractivity contribution in [3.8, 4) is 6.07 Å². The van der Waals surface area contributed by atoms with Gasteiger partial charge in [0.1, 0.15) is 0 Å². The highest BCUT2D eigenvalue weighted by Gasteiger charge is 2.01. The molecule has 0 aromatic heterocycles. The molecule has 0 aliphatic carbocycles. The van der Waals surface area contributed by atoms with Crippen LogP contribution in [0.2, 0.25) is 0 Å². The summed E-state index contributed by atoms with van der Waals surface area (Å²) in [6.45, 7) is 3.86. The van der Waals surface area contributed by atoms with Crippen LogP contribution in [0.15, 0.2) is 42.0 Å². The summed E-state index contributed by atoms with van der Waals surface area (Å²) >= 11 is 0. The summed E-state index contributed by atoms with van der Waals surface area (Å²) in [4.78, 5) is 11.3. The van der Waals surface area contributed by atoms with Gasteiger partial charge in [-0.15, -0.1) is 0 Å². The van der Waals surface area contributed by atoms with Crippen LogP contribution in [-0.4, -0.2) is 12.6 Å². The number of nitriles is 1. The number of nitrogens with zero attached hydrogens (tertiary/aromatic N) is 1. The molecule has 1 rings (SSSR count). The maximum absolute atomic E-state index is 11.3. The van der Waals surface area contributed by atoms with Crippen molar-refractivity contribution < 1.29 is 9.53 Å². The first kappa shape index (κ1) is 13.7. The van der Waals surface area contributed by atoms with Crippen molar-refractivity contribution in [2.24, 2.45) is 0 Å². The summed E-state index contributed by atoms with van der Waals surface area (Å²) in [5.74, 6) is -0.304. The molecule has 0 saturated carbocycles. The molecule has 0 aliphatic heterocycles. The second kappa shape index (κ2) is 7.08. The molecule has 0 atom stereocenters. The number of carbonyl (C=O) groups excluding carboxylic acids is 1. The van der Waals surface area contributed by atoms with Crippen molar-refractivity contribution in [2.75, 3.05) is 6.61 Å². The fourth-order valence-electron chi connectivity index (χ4n) is 1.29. The van der Waals surface area contributed by atoms with Crippen molar-refractivity contribution in [3.05, 3.63) is 53.1 Å². The molecule has 0 spiro atoms. The Morgan fingerprint density at radius 1 is 1.39 bits per heavy atom. The first-order valence-electron chi connectivity index (χ1n) is 5.69. The molecule has 0 fully saturated rings. The second-order valence-electron chi connectivity index (χ2n) is 3.66. The summed E-state index contributed by atoms with van der Waals surface area (Å²) in [5.41, 5.74) is 2.16. The minimum atomic E-state index is -0.304. The minimum Gasteiger partial charge on any atom is -0.463 e. The van der Waals surface area contributed by atoms with E-state index in [2.05, 4.69) is 6.07 Å². The second-order valence-corrected chi connectivity index (χ2v) is 3.66. The van der Waals surface area contributed by atoms with Crippen molar-refractivity contribution >= 4 is 12.0 Å². The molecule has 1 aromatic carbocycles. The number of benzene rings is 1. The third-order valence-electron chi connectivity index (χ3n) is 2.27. The minimum absolute atomic E-state index is 0.304. The standard InChI is InChI=1S/C15H15NO2/c1-3-18-15(17)12(2)5-4-6-13-7-9-14(11-16)10-8-13/h4-10H,3H2,1-2H3/b6-4+,12-5+. The average Bonchev–Trinajstić information content (AvgIpc) is 2.39. The predicted octanol–water partition coefficient (Wildman–Crippen LogP) is 3.08. The van der Waals surface area contributed by atoms with Crippen molar-refractivity contribution in [3.63, 3.8) is 0 Å². The van der Waals surface area contributed by atoms with Gasteiger partial charge in [-0.3, -0.25) is 0 Å². The van der Waals surface area contributed by atoms with Crippen LogP contribution in [0.25, 0.3) is 6.08 Å². The highest BCUT2D eigenvalue weighted by atomic mass is 16.5. The Labute approximate surface area is 107 Å². The first-order chi connectivity index (χ1) is 8.67. The van der Waals surface area contributed by atoms with Crippen LogP contribution in [0.4, 0.5) is 0 Å². The Morgan fingerprint density at radius 2 is 2.06 bits per heavy atom. The maximum atomic E-state index is 11.3. The largest absolute Gasteiger partial charge is 0.463 e. The quantitative estimate of drug-likeness (QED) is 0.462. The number of carbonyl (C=O) groups is 1. The van der Waals surface area contributed by atoms with Crippen LogP contribution in [0.1, 0.15) is 25.0 Å². The van der Waals surface area contributed by atoms with Gasteiger partial charge < -0.3 is 4.74 Å². The van der Waals surface area contributed by atoms with Crippen molar-refractivity contribution in [2.45, 2.75) is 13.8 Å². The van der Waals surface area contributed by atoms with E-state index in [1.165, 1.54) is 0 Å². The molecular weight excluding hydrogens is 226 g/mol. The first-order valence-corrected chi connectivity index (χ1v) is 5.69. The maximum Gasteiger partial charge on any atom is 0.333 e. The van der Waals surface area contributed by atoms with Gasteiger partial charge in [0, 0.05) is 5.57 Å². The fourth-order valence-corrected chi connectivity index (χ4v) is 1.29. The lowest BCUT2D eigenvalue weighted by Gasteiger charge is -1.99. The third-order valence-corrected chi connectivity index (χ3v) is 2.27. The molecule has 0 saturated heterocycles. The third kappa shape index (κ3) is 4.26. The summed E-state index contributed by atoms with van der Waals surface area (Å²) in [6, 6.07) is 9.26. The van der Waals surface area contributed by atoms with Crippen LogP contribution >= 0.6 is 0 Å². The molecule has 0 amide bonds. The monoisotopic (exact) mass is 241 g/mol. The van der Waals surface area contributed by atoms with Crippen LogP contribution in [0.5, 0.6) is 0 Å². The van der Waals surface area contributed by atoms with E-state index < -0.39 is 0 Å². The average molecular weight is 241 g/mol. The van der Waals surface area contributed by atoms with Gasteiger partial charge in [0.15, 0.2) is 0 Å². The predicted molar refractivity (Wildman–Crippen MR) is 70.6 cm³/mol. The molecule has 92 valence electrons. The van der Waals surface area contributed by atoms with Gasteiger partial charge >= 0.3 is 5.97 Å². The molecule has 0 heterocycles. The highest BCUT2D eigenvalue weighted by molar-refractivity contribution is 5.88. The van der Waals surface area contributed by atoms with E-state index in [1.54, 1.807) is 38.1 Å². The molecule has 0 aliphatic rings. The van der Waals surface area contributed by atoms with E-state index in [1.807, 2.05) is 18.2 Å². The summed E-state index contributed by atoms with van der Waals surface area (Å²) in [6.07, 6.45) is 5.35. The molecular formula is C15H15NO2. The Bertz CT molecular complexity index is 504. The smallest absolute Gasteiger partial charge is 0.333 e. The lowest BCUT2D eigenvalue weighted by atomic mass is 10.1. The topological polar surface area (TPSA) is 50.1 Å². The van der Waals surface area contributed by atoms with Crippen molar-refractivity contribution in [1.82, 2.24) is 0 Å².